The number of nitriles is 1. The second kappa shape index (κ2) is 5.14. The number of primary amides is 1. The summed E-state index contributed by atoms with van der Waals surface area (Å²) >= 11 is 5.69. The van der Waals surface area contributed by atoms with Gasteiger partial charge < -0.3 is 11.1 Å². The first-order valence-corrected chi connectivity index (χ1v) is 4.68. The molecule has 0 saturated heterocycles. The predicted octanol–water partition coefficient (Wildman–Crippen LogP) is 1.29. The van der Waals surface area contributed by atoms with Gasteiger partial charge in [0, 0.05) is 5.02 Å². The molecule has 0 aliphatic heterocycles. The summed E-state index contributed by atoms with van der Waals surface area (Å²) in [6.07, 6.45) is -0.291. The summed E-state index contributed by atoms with van der Waals surface area (Å²) in [6, 6.07) is 6.01. The lowest BCUT2D eigenvalue weighted by Gasteiger charge is -2.07. The highest BCUT2D eigenvalue weighted by Crippen LogP contribution is 2.20. The molecule has 16 heavy (non-hydrogen) atoms. The Morgan fingerprint density at radius 3 is 2.75 bits per heavy atom. The highest BCUT2D eigenvalue weighted by Gasteiger charge is 2.11. The molecule has 0 spiro atoms. The van der Waals surface area contributed by atoms with Gasteiger partial charge in [0.1, 0.15) is 6.42 Å². The van der Waals surface area contributed by atoms with Crippen molar-refractivity contribution in [3.8, 4) is 6.07 Å². The van der Waals surface area contributed by atoms with Crippen molar-refractivity contribution in [1.82, 2.24) is 0 Å². The number of anilines is 1. The number of carbonyl (C=O) groups excluding carboxylic acids is 2. The van der Waals surface area contributed by atoms with Crippen molar-refractivity contribution >= 4 is 29.1 Å². The van der Waals surface area contributed by atoms with Crippen LogP contribution in [0.15, 0.2) is 18.2 Å². The van der Waals surface area contributed by atoms with Crippen molar-refractivity contribution in [3.63, 3.8) is 0 Å². The molecule has 82 valence electrons. The van der Waals surface area contributed by atoms with E-state index in [-0.39, 0.29) is 17.7 Å². The van der Waals surface area contributed by atoms with Gasteiger partial charge in [-0.05, 0) is 18.2 Å². The van der Waals surface area contributed by atoms with Crippen LogP contribution in [-0.4, -0.2) is 11.8 Å². The van der Waals surface area contributed by atoms with Gasteiger partial charge in [-0.2, -0.15) is 5.26 Å². The summed E-state index contributed by atoms with van der Waals surface area (Å²) in [6.45, 7) is 0. The first kappa shape index (κ1) is 12.0. The van der Waals surface area contributed by atoms with Crippen LogP contribution in [0.25, 0.3) is 0 Å². The van der Waals surface area contributed by atoms with E-state index in [4.69, 9.17) is 22.6 Å². The van der Waals surface area contributed by atoms with Crippen molar-refractivity contribution in [1.29, 1.82) is 5.26 Å². The number of nitrogens with zero attached hydrogens (tertiary/aromatic N) is 1. The van der Waals surface area contributed by atoms with Crippen LogP contribution in [0.2, 0.25) is 5.02 Å². The molecular weight excluding hydrogens is 230 g/mol. The van der Waals surface area contributed by atoms with Gasteiger partial charge >= 0.3 is 0 Å². The van der Waals surface area contributed by atoms with Crippen LogP contribution >= 0.6 is 11.6 Å². The molecule has 0 bridgehead atoms. The smallest absolute Gasteiger partial charge is 0.250 e. The van der Waals surface area contributed by atoms with Gasteiger partial charge in [-0.3, -0.25) is 9.59 Å². The zero-order valence-corrected chi connectivity index (χ0v) is 8.91. The first-order valence-electron chi connectivity index (χ1n) is 4.30. The van der Waals surface area contributed by atoms with Crippen LogP contribution < -0.4 is 11.1 Å². The average Bonchev–Trinajstić information content (AvgIpc) is 2.20. The monoisotopic (exact) mass is 237 g/mol. The summed E-state index contributed by atoms with van der Waals surface area (Å²) in [5, 5.41) is 11.1. The van der Waals surface area contributed by atoms with Gasteiger partial charge in [-0.1, -0.05) is 11.6 Å². The molecule has 5 nitrogen and oxygen atoms in total. The molecule has 3 N–H and O–H groups in total. The Morgan fingerprint density at radius 2 is 2.19 bits per heavy atom. The summed E-state index contributed by atoms with van der Waals surface area (Å²) in [4.78, 5) is 22.2. The molecule has 0 aliphatic rings. The van der Waals surface area contributed by atoms with Gasteiger partial charge in [0.2, 0.25) is 5.91 Å². The van der Waals surface area contributed by atoms with Gasteiger partial charge in [0.05, 0.1) is 17.3 Å². The third-order valence-electron chi connectivity index (χ3n) is 1.76. The zero-order chi connectivity index (χ0) is 12.1. The van der Waals surface area contributed by atoms with E-state index in [1.54, 1.807) is 6.07 Å². The van der Waals surface area contributed by atoms with Crippen molar-refractivity contribution in [3.05, 3.63) is 28.8 Å². The van der Waals surface area contributed by atoms with Crippen molar-refractivity contribution < 1.29 is 9.59 Å². The van der Waals surface area contributed by atoms with Gasteiger partial charge in [0.25, 0.3) is 5.91 Å². The number of rotatable bonds is 3. The number of halogens is 1. The standard InChI is InChI=1S/C10H8ClN3O2/c11-6-1-2-8(7(5-6)10(13)16)14-9(15)3-4-12/h1-2,5H,3H2,(H2,13,16)(H,14,15). The van der Waals surface area contributed by atoms with Gasteiger partial charge in [0.15, 0.2) is 0 Å². The van der Waals surface area contributed by atoms with Crippen LogP contribution in [0.4, 0.5) is 5.69 Å². The van der Waals surface area contributed by atoms with E-state index >= 15 is 0 Å². The van der Waals surface area contributed by atoms with E-state index in [2.05, 4.69) is 5.32 Å². The molecule has 2 amide bonds. The summed E-state index contributed by atoms with van der Waals surface area (Å²) in [5.74, 6) is -1.21. The maximum absolute atomic E-state index is 11.2. The number of hydrogen-bond donors (Lipinski definition) is 2. The minimum Gasteiger partial charge on any atom is -0.366 e. The van der Waals surface area contributed by atoms with Crippen molar-refractivity contribution in [2.75, 3.05) is 5.32 Å². The molecule has 1 aromatic carbocycles. The van der Waals surface area contributed by atoms with E-state index in [0.29, 0.717) is 5.02 Å². The Morgan fingerprint density at radius 1 is 1.50 bits per heavy atom. The zero-order valence-electron chi connectivity index (χ0n) is 8.16. The van der Waals surface area contributed by atoms with E-state index in [9.17, 15) is 9.59 Å². The molecule has 0 heterocycles. The fourth-order valence-electron chi connectivity index (χ4n) is 1.10. The SMILES string of the molecule is N#CCC(=O)Nc1ccc(Cl)cc1C(N)=O. The van der Waals surface area contributed by atoms with Crippen molar-refractivity contribution in [2.45, 2.75) is 6.42 Å². The molecular formula is C10H8ClN3O2. The van der Waals surface area contributed by atoms with Crippen LogP contribution in [0.3, 0.4) is 0 Å². The van der Waals surface area contributed by atoms with Gasteiger partial charge in [-0.25, -0.2) is 0 Å². The van der Waals surface area contributed by atoms with Gasteiger partial charge in [-0.15, -0.1) is 0 Å². The molecule has 0 unspecified atom stereocenters. The molecule has 1 aromatic rings. The van der Waals surface area contributed by atoms with Crippen LogP contribution in [0.1, 0.15) is 16.8 Å². The number of amides is 2. The lowest BCUT2D eigenvalue weighted by Crippen LogP contribution is -2.17. The lowest BCUT2D eigenvalue weighted by atomic mass is 10.1. The second-order valence-electron chi connectivity index (χ2n) is 2.94. The molecule has 0 saturated carbocycles. The van der Waals surface area contributed by atoms with Crippen molar-refractivity contribution in [2.24, 2.45) is 5.73 Å². The van der Waals surface area contributed by atoms with E-state index in [1.807, 2.05) is 0 Å². The Hall–Kier alpha value is -2.06. The molecule has 0 radical (unpaired) electrons. The maximum Gasteiger partial charge on any atom is 0.250 e. The minimum atomic E-state index is -0.699. The Bertz CT molecular complexity index is 479. The second-order valence-corrected chi connectivity index (χ2v) is 3.37. The summed E-state index contributed by atoms with van der Waals surface area (Å²) < 4.78 is 0. The Kier molecular flexibility index (Phi) is 3.86. The molecule has 0 aromatic heterocycles. The predicted molar refractivity (Wildman–Crippen MR) is 58.8 cm³/mol. The normalized spacial score (nSPS) is 9.25. The van der Waals surface area contributed by atoms with Crippen LogP contribution in [0, 0.1) is 11.3 Å². The minimum absolute atomic E-state index is 0.110. The number of nitrogens with one attached hydrogen (secondary N) is 1. The number of hydrogen-bond acceptors (Lipinski definition) is 3. The highest BCUT2D eigenvalue weighted by atomic mass is 35.5. The largest absolute Gasteiger partial charge is 0.366 e. The number of nitrogens with two attached hydrogens (primary N) is 1. The fourth-order valence-corrected chi connectivity index (χ4v) is 1.27. The van der Waals surface area contributed by atoms with E-state index < -0.39 is 11.8 Å². The lowest BCUT2D eigenvalue weighted by molar-refractivity contribution is -0.115. The third kappa shape index (κ3) is 2.97. The van der Waals surface area contributed by atoms with Crippen LogP contribution in [-0.2, 0) is 4.79 Å². The molecule has 1 rings (SSSR count). The molecule has 6 heteroatoms. The number of carbonyl (C=O) groups is 2. The van der Waals surface area contributed by atoms with Crippen LogP contribution in [0.5, 0.6) is 0 Å². The molecule has 0 aliphatic carbocycles. The highest BCUT2D eigenvalue weighted by molar-refractivity contribution is 6.31. The summed E-state index contributed by atoms with van der Waals surface area (Å²) in [7, 11) is 0. The fraction of sp³-hybridized carbons (Fsp3) is 0.100. The summed E-state index contributed by atoms with van der Waals surface area (Å²) in [5.41, 5.74) is 5.48. The third-order valence-corrected chi connectivity index (χ3v) is 2.00. The molecule has 0 atom stereocenters. The first-order chi connectivity index (χ1) is 7.54. The average molecular weight is 238 g/mol. The number of benzene rings is 1. The topological polar surface area (TPSA) is 96.0 Å². The van der Waals surface area contributed by atoms with E-state index in [1.165, 1.54) is 18.2 Å². The Labute approximate surface area is 96.8 Å². The Balaban J connectivity index is 3.00. The quantitative estimate of drug-likeness (QED) is 0.829. The van der Waals surface area contributed by atoms with E-state index in [0.717, 1.165) is 0 Å². The molecule has 0 fully saturated rings. The maximum atomic E-state index is 11.2.